The van der Waals surface area contributed by atoms with Gasteiger partial charge >= 0.3 is 6.18 Å². The number of benzene rings is 2. The zero-order valence-electron chi connectivity index (χ0n) is 13.1. The third-order valence-corrected chi connectivity index (χ3v) is 4.66. The van der Waals surface area contributed by atoms with Crippen LogP contribution in [0.3, 0.4) is 0 Å². The molecular formula is C19H18F3NO. The van der Waals surface area contributed by atoms with E-state index in [1.54, 1.807) is 12.1 Å². The first-order valence-electron chi connectivity index (χ1n) is 7.79. The quantitative estimate of drug-likeness (QED) is 0.807. The monoisotopic (exact) mass is 333 g/mol. The van der Waals surface area contributed by atoms with Crippen LogP contribution in [0, 0.1) is 5.92 Å². The van der Waals surface area contributed by atoms with Crippen molar-refractivity contribution in [1.82, 2.24) is 0 Å². The van der Waals surface area contributed by atoms with Gasteiger partial charge in [-0.3, -0.25) is 0 Å². The highest BCUT2D eigenvalue weighted by Crippen LogP contribution is 2.45. The van der Waals surface area contributed by atoms with E-state index in [2.05, 4.69) is 0 Å². The van der Waals surface area contributed by atoms with E-state index in [1.165, 1.54) is 12.1 Å². The SMILES string of the molecule is CCC1C(N)=C(O)c2ccccc2C1c1ccc(C(F)(F)F)cc1. The van der Waals surface area contributed by atoms with Gasteiger partial charge in [-0.15, -0.1) is 0 Å². The van der Waals surface area contributed by atoms with Gasteiger partial charge < -0.3 is 10.8 Å². The van der Waals surface area contributed by atoms with Crippen LogP contribution in [-0.4, -0.2) is 5.11 Å². The molecule has 1 aliphatic carbocycles. The minimum absolute atomic E-state index is 0.0700. The fourth-order valence-electron chi connectivity index (χ4n) is 3.46. The molecule has 1 aliphatic rings. The van der Waals surface area contributed by atoms with E-state index in [9.17, 15) is 18.3 Å². The average molecular weight is 333 g/mol. The molecule has 0 bridgehead atoms. The number of hydrogen-bond acceptors (Lipinski definition) is 2. The largest absolute Gasteiger partial charge is 0.505 e. The molecule has 0 aromatic heterocycles. The van der Waals surface area contributed by atoms with Crippen molar-refractivity contribution < 1.29 is 18.3 Å². The van der Waals surface area contributed by atoms with E-state index in [0.29, 0.717) is 17.7 Å². The van der Waals surface area contributed by atoms with E-state index in [0.717, 1.165) is 23.3 Å². The number of alkyl halides is 3. The molecule has 0 aliphatic heterocycles. The number of nitrogens with two attached hydrogens (primary N) is 1. The van der Waals surface area contributed by atoms with Crippen molar-refractivity contribution >= 4 is 5.76 Å². The van der Waals surface area contributed by atoms with Crippen LogP contribution in [0.2, 0.25) is 0 Å². The lowest BCUT2D eigenvalue weighted by atomic mass is 9.72. The molecule has 2 aromatic rings. The van der Waals surface area contributed by atoms with Gasteiger partial charge in [-0.05, 0) is 29.7 Å². The summed E-state index contributed by atoms with van der Waals surface area (Å²) in [7, 11) is 0. The summed E-state index contributed by atoms with van der Waals surface area (Å²) in [5, 5.41) is 10.4. The number of allylic oxidation sites excluding steroid dienone is 1. The van der Waals surface area contributed by atoms with E-state index in [1.807, 2.05) is 19.1 Å². The summed E-state index contributed by atoms with van der Waals surface area (Å²) in [6.45, 7) is 1.95. The van der Waals surface area contributed by atoms with Crippen molar-refractivity contribution in [3.05, 3.63) is 76.5 Å². The third-order valence-electron chi connectivity index (χ3n) is 4.66. The van der Waals surface area contributed by atoms with Crippen molar-refractivity contribution in [2.75, 3.05) is 0 Å². The highest BCUT2D eigenvalue weighted by molar-refractivity contribution is 5.69. The van der Waals surface area contributed by atoms with Crippen molar-refractivity contribution in [3.8, 4) is 0 Å². The maximum Gasteiger partial charge on any atom is 0.416 e. The highest BCUT2D eigenvalue weighted by atomic mass is 19.4. The summed E-state index contributed by atoms with van der Waals surface area (Å²) in [4.78, 5) is 0. The van der Waals surface area contributed by atoms with Gasteiger partial charge in [-0.1, -0.05) is 43.3 Å². The molecule has 5 heteroatoms. The van der Waals surface area contributed by atoms with Crippen molar-refractivity contribution in [3.63, 3.8) is 0 Å². The van der Waals surface area contributed by atoms with Gasteiger partial charge in [-0.2, -0.15) is 13.2 Å². The Balaban J connectivity index is 2.12. The van der Waals surface area contributed by atoms with Crippen molar-refractivity contribution in [2.45, 2.75) is 25.4 Å². The molecule has 0 saturated carbocycles. The summed E-state index contributed by atoms with van der Waals surface area (Å²) in [6.07, 6.45) is -3.68. The van der Waals surface area contributed by atoms with Gasteiger partial charge in [0.2, 0.25) is 0 Å². The topological polar surface area (TPSA) is 46.2 Å². The summed E-state index contributed by atoms with van der Waals surface area (Å²) in [6, 6.07) is 12.5. The number of aliphatic hydroxyl groups excluding tert-OH is 1. The highest BCUT2D eigenvalue weighted by Gasteiger charge is 2.35. The standard InChI is InChI=1S/C19H18F3NO/c1-2-13-16(11-7-9-12(10-8-11)19(20,21)22)14-5-3-4-6-15(14)18(24)17(13)23/h3-10,13,16,24H,2,23H2,1H3. The Hall–Kier alpha value is -2.43. The van der Waals surface area contributed by atoms with Gasteiger partial charge in [0.1, 0.15) is 5.76 Å². The Morgan fingerprint density at radius 1 is 1.04 bits per heavy atom. The van der Waals surface area contributed by atoms with Crippen LogP contribution in [0.5, 0.6) is 0 Å². The Kier molecular flexibility index (Phi) is 4.03. The predicted octanol–water partition coefficient (Wildman–Crippen LogP) is 5.06. The number of fused-ring (bicyclic) bond motifs is 1. The van der Waals surface area contributed by atoms with E-state index in [4.69, 9.17) is 5.73 Å². The van der Waals surface area contributed by atoms with Crippen LogP contribution in [0.15, 0.2) is 54.2 Å². The minimum atomic E-state index is -4.36. The zero-order chi connectivity index (χ0) is 17.5. The molecule has 0 spiro atoms. The van der Waals surface area contributed by atoms with E-state index >= 15 is 0 Å². The first-order valence-corrected chi connectivity index (χ1v) is 7.79. The molecule has 0 radical (unpaired) electrons. The summed E-state index contributed by atoms with van der Waals surface area (Å²) >= 11 is 0. The summed E-state index contributed by atoms with van der Waals surface area (Å²) in [5.41, 5.74) is 8.13. The molecule has 3 N–H and O–H groups in total. The average Bonchev–Trinajstić information content (AvgIpc) is 2.57. The van der Waals surface area contributed by atoms with E-state index < -0.39 is 11.7 Å². The van der Waals surface area contributed by atoms with Crippen LogP contribution in [0.4, 0.5) is 13.2 Å². The van der Waals surface area contributed by atoms with Crippen LogP contribution < -0.4 is 5.73 Å². The fourth-order valence-corrected chi connectivity index (χ4v) is 3.46. The second-order valence-corrected chi connectivity index (χ2v) is 6.00. The van der Waals surface area contributed by atoms with Crippen molar-refractivity contribution in [2.24, 2.45) is 11.7 Å². The third kappa shape index (κ3) is 2.64. The number of hydrogen-bond donors (Lipinski definition) is 2. The van der Waals surface area contributed by atoms with Crippen LogP contribution >= 0.6 is 0 Å². The molecule has 2 aromatic carbocycles. The molecule has 2 atom stereocenters. The molecule has 3 rings (SSSR count). The fraction of sp³-hybridized carbons (Fsp3) is 0.263. The normalized spacial score (nSPS) is 20.8. The molecule has 0 amide bonds. The lowest BCUT2D eigenvalue weighted by Gasteiger charge is -2.34. The molecule has 0 saturated heterocycles. The summed E-state index contributed by atoms with van der Waals surface area (Å²) in [5.74, 6) is -0.262. The number of aliphatic hydroxyl groups is 1. The zero-order valence-corrected chi connectivity index (χ0v) is 13.1. The first-order chi connectivity index (χ1) is 11.3. The lowest BCUT2D eigenvalue weighted by molar-refractivity contribution is -0.137. The Morgan fingerprint density at radius 2 is 1.67 bits per heavy atom. The number of rotatable bonds is 2. The molecule has 126 valence electrons. The molecule has 24 heavy (non-hydrogen) atoms. The van der Waals surface area contributed by atoms with Gasteiger partial charge in [0.25, 0.3) is 0 Å². The molecule has 0 heterocycles. The maximum atomic E-state index is 12.8. The second-order valence-electron chi connectivity index (χ2n) is 6.00. The maximum absolute atomic E-state index is 12.8. The minimum Gasteiger partial charge on any atom is -0.505 e. The Labute approximate surface area is 138 Å². The van der Waals surface area contributed by atoms with Gasteiger partial charge in [0.05, 0.1) is 11.3 Å². The van der Waals surface area contributed by atoms with Crippen LogP contribution in [-0.2, 0) is 6.18 Å². The van der Waals surface area contributed by atoms with E-state index in [-0.39, 0.29) is 17.6 Å². The van der Waals surface area contributed by atoms with Crippen LogP contribution in [0.25, 0.3) is 5.76 Å². The molecule has 2 unspecified atom stereocenters. The predicted molar refractivity (Wildman–Crippen MR) is 87.2 cm³/mol. The number of halogens is 3. The van der Waals surface area contributed by atoms with Crippen molar-refractivity contribution in [1.29, 1.82) is 0 Å². The van der Waals surface area contributed by atoms with Gasteiger partial charge in [-0.25, -0.2) is 0 Å². The smallest absolute Gasteiger partial charge is 0.416 e. The second kappa shape index (κ2) is 5.89. The van der Waals surface area contributed by atoms with Gasteiger partial charge in [0, 0.05) is 17.4 Å². The summed E-state index contributed by atoms with van der Waals surface area (Å²) < 4.78 is 38.4. The first kappa shape index (κ1) is 16.4. The lowest BCUT2D eigenvalue weighted by Crippen LogP contribution is -2.27. The molecular weight excluding hydrogens is 315 g/mol. The molecule has 0 fully saturated rings. The van der Waals surface area contributed by atoms with Gasteiger partial charge in [0.15, 0.2) is 0 Å². The van der Waals surface area contributed by atoms with Crippen LogP contribution in [0.1, 0.15) is 41.5 Å². The molecule has 2 nitrogen and oxygen atoms in total. The Bertz CT molecular complexity index is 778. The Morgan fingerprint density at radius 3 is 2.25 bits per heavy atom.